The van der Waals surface area contributed by atoms with Gasteiger partial charge in [0.2, 0.25) is 0 Å². The van der Waals surface area contributed by atoms with Crippen LogP contribution in [0.5, 0.6) is 28.7 Å². The van der Waals surface area contributed by atoms with E-state index in [4.69, 9.17) is 27.9 Å². The van der Waals surface area contributed by atoms with E-state index in [1.54, 1.807) is 42.5 Å². The summed E-state index contributed by atoms with van der Waals surface area (Å²) in [5, 5.41) is 0. The second kappa shape index (κ2) is 13.9. The lowest BCUT2D eigenvalue weighted by molar-refractivity contribution is -0.131. The number of ether oxygens (including phenoxy) is 5. The highest BCUT2D eigenvalue weighted by atomic mass is 32.2. The van der Waals surface area contributed by atoms with Crippen LogP contribution in [-0.2, 0) is 19.6 Å². The van der Waals surface area contributed by atoms with Gasteiger partial charge in [0.1, 0.15) is 22.8 Å². The van der Waals surface area contributed by atoms with Crippen LogP contribution in [0.25, 0.3) is 22.3 Å². The Bertz CT molecular complexity index is 1580. The summed E-state index contributed by atoms with van der Waals surface area (Å²) >= 11 is 0. The number of methoxy groups -OCH3 is 3. The van der Waals surface area contributed by atoms with Gasteiger partial charge in [0.15, 0.2) is 11.5 Å². The molecule has 0 saturated carbocycles. The van der Waals surface area contributed by atoms with E-state index in [-0.39, 0.29) is 22.8 Å². The highest BCUT2D eigenvalue weighted by molar-refractivity contribution is 7.86. The normalized spacial score (nSPS) is 10.8. The van der Waals surface area contributed by atoms with Gasteiger partial charge >= 0.3 is 22.1 Å². The maximum atomic E-state index is 13.2. The Morgan fingerprint density at radius 2 is 1.50 bits per heavy atom. The lowest BCUT2D eigenvalue weighted by Crippen LogP contribution is -2.10. The van der Waals surface area contributed by atoms with Crippen LogP contribution in [0.3, 0.4) is 0 Å². The highest BCUT2D eigenvalue weighted by Crippen LogP contribution is 2.47. The second-order valence-corrected chi connectivity index (χ2v) is 11.0. The maximum absolute atomic E-state index is 13.2. The lowest BCUT2D eigenvalue weighted by atomic mass is 9.92. The van der Waals surface area contributed by atoms with E-state index in [0.717, 1.165) is 11.8 Å². The summed E-state index contributed by atoms with van der Waals surface area (Å²) in [6, 6.07) is 12.9. The summed E-state index contributed by atoms with van der Waals surface area (Å²) in [7, 11) is 0.192. The fourth-order valence-corrected chi connectivity index (χ4v) is 4.66. The third kappa shape index (κ3) is 8.03. The van der Waals surface area contributed by atoms with Crippen LogP contribution >= 0.6 is 0 Å². The molecular weight excluding hydrogens is 564 g/mol. The number of carbonyl (C=O) groups excluding carboxylic acids is 2. The SMILES string of the molecule is COC(=O)c1c(OC)c(-c2ccc(OCCC=C(C)C)c(OS(C)(=O)=O)c2)cc(OC)c1-c1ccc(OC(C)=O)cc1. The standard InChI is InChI=1S/C31H34O10S/c1-19(2)9-8-16-39-25-15-12-22(17-26(25)41-42(7,34)35)24-18-27(36-4)28(29(30(24)37-5)31(33)38-6)21-10-13-23(14-11-21)40-20(3)32/h9-15,17-18H,8,16H2,1-7H3. The molecule has 0 atom stereocenters. The molecule has 11 heteroatoms. The van der Waals surface area contributed by atoms with E-state index >= 15 is 0 Å². The number of hydrogen-bond donors (Lipinski definition) is 0. The van der Waals surface area contributed by atoms with Crippen molar-refractivity contribution in [1.29, 1.82) is 0 Å². The smallest absolute Gasteiger partial charge is 0.342 e. The van der Waals surface area contributed by atoms with Crippen LogP contribution in [0.4, 0.5) is 0 Å². The molecule has 3 rings (SSSR count). The minimum atomic E-state index is -3.90. The van der Waals surface area contributed by atoms with Gasteiger partial charge in [0.05, 0.1) is 34.2 Å². The molecule has 0 aromatic heterocycles. The van der Waals surface area contributed by atoms with Crippen molar-refractivity contribution in [2.45, 2.75) is 27.2 Å². The zero-order valence-corrected chi connectivity index (χ0v) is 25.4. The maximum Gasteiger partial charge on any atom is 0.342 e. The van der Waals surface area contributed by atoms with Gasteiger partial charge < -0.3 is 27.9 Å². The number of benzene rings is 3. The van der Waals surface area contributed by atoms with Gasteiger partial charge in [0, 0.05) is 18.1 Å². The van der Waals surface area contributed by atoms with Crippen molar-refractivity contribution in [2.75, 3.05) is 34.2 Å². The predicted octanol–water partition coefficient (Wildman–Crippen LogP) is 5.82. The molecule has 0 bridgehead atoms. The summed E-state index contributed by atoms with van der Waals surface area (Å²) in [6.45, 7) is 5.55. The first-order valence-electron chi connectivity index (χ1n) is 12.8. The fourth-order valence-electron chi connectivity index (χ4n) is 4.21. The first-order chi connectivity index (χ1) is 19.9. The first kappa shape index (κ1) is 32.0. The minimum Gasteiger partial charge on any atom is -0.496 e. The molecular formula is C31H34O10S. The lowest BCUT2D eigenvalue weighted by Gasteiger charge is -2.21. The molecule has 0 saturated heterocycles. The van der Waals surface area contributed by atoms with Gasteiger partial charge in [-0.15, -0.1) is 0 Å². The molecule has 0 radical (unpaired) electrons. The van der Waals surface area contributed by atoms with Gasteiger partial charge in [-0.05, 0) is 61.7 Å². The summed E-state index contributed by atoms with van der Waals surface area (Å²) in [6.07, 6.45) is 3.56. The van der Waals surface area contributed by atoms with Gasteiger partial charge in [0.25, 0.3) is 0 Å². The quantitative estimate of drug-likeness (QED) is 0.0828. The average Bonchev–Trinajstić information content (AvgIpc) is 2.93. The summed E-state index contributed by atoms with van der Waals surface area (Å²) < 4.78 is 57.0. The van der Waals surface area contributed by atoms with Gasteiger partial charge in [-0.1, -0.05) is 29.8 Å². The molecule has 0 aliphatic heterocycles. The van der Waals surface area contributed by atoms with Crippen molar-refractivity contribution < 1.29 is 45.9 Å². The van der Waals surface area contributed by atoms with E-state index in [1.807, 2.05) is 19.9 Å². The summed E-state index contributed by atoms with van der Waals surface area (Å²) in [4.78, 5) is 24.5. The number of rotatable bonds is 12. The van der Waals surface area contributed by atoms with E-state index in [1.165, 1.54) is 34.3 Å². The largest absolute Gasteiger partial charge is 0.496 e. The van der Waals surface area contributed by atoms with Crippen molar-refractivity contribution in [1.82, 2.24) is 0 Å². The van der Waals surface area contributed by atoms with Crippen molar-refractivity contribution in [2.24, 2.45) is 0 Å². The van der Waals surface area contributed by atoms with Crippen molar-refractivity contribution >= 4 is 22.1 Å². The predicted molar refractivity (Wildman–Crippen MR) is 158 cm³/mol. The Morgan fingerprint density at radius 3 is 2.05 bits per heavy atom. The molecule has 0 N–H and O–H groups in total. The van der Waals surface area contributed by atoms with Crippen molar-refractivity contribution in [3.05, 3.63) is 65.7 Å². The molecule has 0 unspecified atom stereocenters. The van der Waals surface area contributed by atoms with Gasteiger partial charge in [-0.25, -0.2) is 4.79 Å². The summed E-state index contributed by atoms with van der Waals surface area (Å²) in [5.74, 6) is -0.172. The monoisotopic (exact) mass is 598 g/mol. The number of esters is 2. The summed E-state index contributed by atoms with van der Waals surface area (Å²) in [5.41, 5.74) is 3.02. The molecule has 0 fully saturated rings. The Labute approximate surface area is 245 Å². The Balaban J connectivity index is 2.23. The third-order valence-electron chi connectivity index (χ3n) is 5.89. The van der Waals surface area contributed by atoms with Crippen LogP contribution in [-0.4, -0.2) is 54.5 Å². The van der Waals surface area contributed by atoms with Crippen LogP contribution in [0.15, 0.2) is 60.2 Å². The van der Waals surface area contributed by atoms with E-state index in [0.29, 0.717) is 46.8 Å². The Kier molecular flexibility index (Phi) is 10.6. The van der Waals surface area contributed by atoms with Crippen LogP contribution in [0, 0.1) is 0 Å². The molecule has 0 spiro atoms. The molecule has 224 valence electrons. The molecule has 0 aliphatic carbocycles. The van der Waals surface area contributed by atoms with Crippen LogP contribution in [0.2, 0.25) is 0 Å². The Hall–Kier alpha value is -4.51. The number of carbonyl (C=O) groups is 2. The molecule has 0 heterocycles. The second-order valence-electron chi connectivity index (χ2n) is 9.39. The first-order valence-corrected chi connectivity index (χ1v) is 14.7. The zero-order valence-electron chi connectivity index (χ0n) is 24.6. The van der Waals surface area contributed by atoms with Gasteiger partial charge in [-0.2, -0.15) is 8.42 Å². The minimum absolute atomic E-state index is 0.0297. The van der Waals surface area contributed by atoms with Crippen molar-refractivity contribution in [3.63, 3.8) is 0 Å². The van der Waals surface area contributed by atoms with Crippen molar-refractivity contribution in [3.8, 4) is 51.0 Å². The molecule has 0 amide bonds. The van der Waals surface area contributed by atoms with Crippen LogP contribution in [0.1, 0.15) is 37.6 Å². The van der Waals surface area contributed by atoms with E-state index in [2.05, 4.69) is 0 Å². The molecule has 0 aliphatic rings. The Morgan fingerprint density at radius 1 is 0.833 bits per heavy atom. The molecule has 3 aromatic carbocycles. The molecule has 10 nitrogen and oxygen atoms in total. The van der Waals surface area contributed by atoms with Crippen LogP contribution < -0.4 is 23.1 Å². The molecule has 3 aromatic rings. The van der Waals surface area contributed by atoms with E-state index in [9.17, 15) is 18.0 Å². The number of allylic oxidation sites excluding steroid dienone is 1. The average molecular weight is 599 g/mol. The molecule has 42 heavy (non-hydrogen) atoms. The topological polar surface area (TPSA) is 124 Å². The van der Waals surface area contributed by atoms with E-state index < -0.39 is 22.1 Å². The number of hydrogen-bond acceptors (Lipinski definition) is 10. The van der Waals surface area contributed by atoms with Gasteiger partial charge in [-0.3, -0.25) is 4.79 Å². The highest BCUT2D eigenvalue weighted by Gasteiger charge is 2.28. The zero-order chi connectivity index (χ0) is 31.0. The third-order valence-corrected chi connectivity index (χ3v) is 6.37. The fraction of sp³-hybridized carbons (Fsp3) is 0.290.